The van der Waals surface area contributed by atoms with E-state index in [1.54, 1.807) is 30.3 Å². The lowest BCUT2D eigenvalue weighted by molar-refractivity contribution is 0.155. The monoisotopic (exact) mass is 314 g/mol. The van der Waals surface area contributed by atoms with Gasteiger partial charge in [0.25, 0.3) is 5.56 Å². The van der Waals surface area contributed by atoms with Gasteiger partial charge in [-0.3, -0.25) is 9.36 Å². The maximum absolute atomic E-state index is 12.5. The summed E-state index contributed by atoms with van der Waals surface area (Å²) in [6.07, 6.45) is 0.690. The molecule has 5 heteroatoms. The van der Waals surface area contributed by atoms with E-state index in [1.807, 2.05) is 19.1 Å². The Morgan fingerprint density at radius 2 is 1.95 bits per heavy atom. The van der Waals surface area contributed by atoms with Crippen molar-refractivity contribution >= 4 is 22.5 Å². The first-order valence-electron chi connectivity index (χ1n) is 6.94. The van der Waals surface area contributed by atoms with E-state index in [-0.39, 0.29) is 12.1 Å². The molecule has 1 atom stereocenters. The Hall–Kier alpha value is -2.17. The van der Waals surface area contributed by atoms with Crippen LogP contribution in [0.3, 0.4) is 0 Å². The van der Waals surface area contributed by atoms with Gasteiger partial charge in [0.1, 0.15) is 0 Å². The van der Waals surface area contributed by atoms with Gasteiger partial charge in [0.05, 0.1) is 29.9 Å². The number of benzene rings is 2. The molecule has 1 N–H and O–H groups in total. The molecule has 0 saturated heterocycles. The molecule has 0 aliphatic carbocycles. The molecule has 0 radical (unpaired) electrons. The number of halogens is 1. The highest BCUT2D eigenvalue weighted by Gasteiger charge is 2.11. The molecule has 0 saturated carbocycles. The second kappa shape index (κ2) is 5.91. The van der Waals surface area contributed by atoms with Crippen LogP contribution in [0.1, 0.15) is 17.2 Å². The maximum atomic E-state index is 12.5. The van der Waals surface area contributed by atoms with Crippen molar-refractivity contribution < 1.29 is 5.11 Å². The highest BCUT2D eigenvalue weighted by Crippen LogP contribution is 2.18. The third-order valence-corrected chi connectivity index (χ3v) is 3.93. The molecule has 1 aromatic heterocycles. The normalized spacial score (nSPS) is 12.5. The fourth-order valence-corrected chi connectivity index (χ4v) is 2.57. The number of aliphatic hydroxyl groups is 1. The minimum Gasteiger partial charge on any atom is -0.387 e. The highest BCUT2D eigenvalue weighted by molar-refractivity contribution is 6.30. The molecule has 0 fully saturated rings. The van der Waals surface area contributed by atoms with E-state index in [2.05, 4.69) is 4.98 Å². The Bertz CT molecular complexity index is 872. The lowest BCUT2D eigenvalue weighted by atomic mass is 10.1. The lowest BCUT2D eigenvalue weighted by Gasteiger charge is -2.13. The third kappa shape index (κ3) is 2.75. The molecule has 3 rings (SSSR count). The molecule has 0 spiro atoms. The van der Waals surface area contributed by atoms with E-state index in [9.17, 15) is 9.90 Å². The summed E-state index contributed by atoms with van der Waals surface area (Å²) in [5, 5.41) is 11.5. The van der Waals surface area contributed by atoms with Crippen molar-refractivity contribution in [3.8, 4) is 0 Å². The molecule has 0 aliphatic rings. The second-order valence-electron chi connectivity index (χ2n) is 5.24. The Morgan fingerprint density at radius 1 is 1.23 bits per heavy atom. The average Bonchev–Trinajstić information content (AvgIpc) is 2.51. The van der Waals surface area contributed by atoms with Crippen LogP contribution < -0.4 is 5.56 Å². The quantitative estimate of drug-likeness (QED) is 0.808. The van der Waals surface area contributed by atoms with Crippen molar-refractivity contribution in [1.29, 1.82) is 0 Å². The number of rotatable bonds is 3. The molecule has 3 aromatic rings. The number of nitrogens with zero attached hydrogens (tertiary/aromatic N) is 2. The van der Waals surface area contributed by atoms with E-state index in [0.717, 1.165) is 5.56 Å². The predicted molar refractivity (Wildman–Crippen MR) is 87.2 cm³/mol. The van der Waals surface area contributed by atoms with Crippen LogP contribution in [-0.2, 0) is 6.54 Å². The first kappa shape index (κ1) is 14.8. The SMILES string of the molecule is Cc1cccc2c(=O)n(CC(O)c3ccc(Cl)cc3)cnc12. The summed E-state index contributed by atoms with van der Waals surface area (Å²) in [6, 6.07) is 12.4. The third-order valence-electron chi connectivity index (χ3n) is 3.68. The lowest BCUT2D eigenvalue weighted by Crippen LogP contribution is -2.24. The summed E-state index contributed by atoms with van der Waals surface area (Å²) < 4.78 is 1.43. The number of aryl methyl sites for hydroxylation is 1. The van der Waals surface area contributed by atoms with Crippen molar-refractivity contribution in [3.63, 3.8) is 0 Å². The molecule has 2 aromatic carbocycles. The van der Waals surface area contributed by atoms with Crippen molar-refractivity contribution in [2.75, 3.05) is 0 Å². The minimum absolute atomic E-state index is 0.150. The summed E-state index contributed by atoms with van der Waals surface area (Å²) >= 11 is 5.84. The molecule has 1 heterocycles. The molecule has 0 bridgehead atoms. The molecule has 0 amide bonds. The van der Waals surface area contributed by atoms with Crippen LogP contribution in [0.5, 0.6) is 0 Å². The summed E-state index contributed by atoms with van der Waals surface area (Å²) in [6.45, 7) is 2.07. The van der Waals surface area contributed by atoms with Crippen LogP contribution in [0.25, 0.3) is 10.9 Å². The Morgan fingerprint density at radius 3 is 2.68 bits per heavy atom. The summed E-state index contributed by atoms with van der Waals surface area (Å²) in [5.41, 5.74) is 2.21. The van der Waals surface area contributed by atoms with Crippen LogP contribution in [0, 0.1) is 6.92 Å². The Balaban J connectivity index is 1.96. The summed E-state index contributed by atoms with van der Waals surface area (Å²) in [4.78, 5) is 16.8. The number of aliphatic hydroxyl groups excluding tert-OH is 1. The van der Waals surface area contributed by atoms with Gasteiger partial charge in [0.15, 0.2) is 0 Å². The number of fused-ring (bicyclic) bond motifs is 1. The number of hydrogen-bond donors (Lipinski definition) is 1. The van der Waals surface area contributed by atoms with Crippen LogP contribution in [0.15, 0.2) is 53.6 Å². The maximum Gasteiger partial charge on any atom is 0.261 e. The topological polar surface area (TPSA) is 55.1 Å². The number of para-hydroxylation sites is 1. The van der Waals surface area contributed by atoms with Gasteiger partial charge < -0.3 is 5.11 Å². The first-order chi connectivity index (χ1) is 10.6. The van der Waals surface area contributed by atoms with Gasteiger partial charge in [-0.1, -0.05) is 35.9 Å². The molecule has 22 heavy (non-hydrogen) atoms. The zero-order valence-electron chi connectivity index (χ0n) is 12.0. The Labute approximate surface area is 132 Å². The molecular weight excluding hydrogens is 300 g/mol. The minimum atomic E-state index is -0.793. The van der Waals surface area contributed by atoms with Crippen molar-refractivity contribution in [1.82, 2.24) is 9.55 Å². The van der Waals surface area contributed by atoms with Crippen molar-refractivity contribution in [2.24, 2.45) is 0 Å². The number of aromatic nitrogens is 2. The standard InChI is InChI=1S/C17H15ClN2O2/c1-11-3-2-4-14-16(11)19-10-20(17(14)22)9-15(21)12-5-7-13(18)8-6-12/h2-8,10,15,21H,9H2,1H3. The molecule has 4 nitrogen and oxygen atoms in total. The zero-order valence-corrected chi connectivity index (χ0v) is 12.8. The van der Waals surface area contributed by atoms with Gasteiger partial charge in [-0.05, 0) is 36.2 Å². The van der Waals surface area contributed by atoms with E-state index >= 15 is 0 Å². The average molecular weight is 315 g/mol. The van der Waals surface area contributed by atoms with E-state index in [1.165, 1.54) is 10.9 Å². The zero-order chi connectivity index (χ0) is 15.7. The fourth-order valence-electron chi connectivity index (χ4n) is 2.44. The van der Waals surface area contributed by atoms with Crippen molar-refractivity contribution in [3.05, 3.63) is 75.3 Å². The van der Waals surface area contributed by atoms with E-state index in [4.69, 9.17) is 11.6 Å². The fraction of sp³-hybridized carbons (Fsp3) is 0.176. The first-order valence-corrected chi connectivity index (χ1v) is 7.32. The van der Waals surface area contributed by atoms with Gasteiger partial charge in [-0.2, -0.15) is 0 Å². The molecule has 0 aliphatic heterocycles. The van der Waals surface area contributed by atoms with Gasteiger partial charge in [-0.25, -0.2) is 4.98 Å². The van der Waals surface area contributed by atoms with Crippen LogP contribution in [0.4, 0.5) is 0 Å². The molecular formula is C17H15ClN2O2. The smallest absolute Gasteiger partial charge is 0.261 e. The molecule has 1 unspecified atom stereocenters. The van der Waals surface area contributed by atoms with Crippen LogP contribution in [-0.4, -0.2) is 14.7 Å². The van der Waals surface area contributed by atoms with Crippen molar-refractivity contribution in [2.45, 2.75) is 19.6 Å². The summed E-state index contributed by atoms with van der Waals surface area (Å²) in [5.74, 6) is 0. The van der Waals surface area contributed by atoms with Crippen LogP contribution in [0.2, 0.25) is 5.02 Å². The van der Waals surface area contributed by atoms with E-state index in [0.29, 0.717) is 21.5 Å². The summed E-state index contributed by atoms with van der Waals surface area (Å²) in [7, 11) is 0. The largest absolute Gasteiger partial charge is 0.387 e. The predicted octanol–water partition coefficient (Wildman–Crippen LogP) is 3.09. The van der Waals surface area contributed by atoms with E-state index < -0.39 is 6.10 Å². The van der Waals surface area contributed by atoms with Gasteiger partial charge in [0.2, 0.25) is 0 Å². The Kier molecular flexibility index (Phi) is 3.96. The van der Waals surface area contributed by atoms with Gasteiger partial charge >= 0.3 is 0 Å². The molecule has 112 valence electrons. The van der Waals surface area contributed by atoms with Gasteiger partial charge in [-0.15, -0.1) is 0 Å². The number of hydrogen-bond acceptors (Lipinski definition) is 3. The van der Waals surface area contributed by atoms with Crippen LogP contribution >= 0.6 is 11.6 Å². The second-order valence-corrected chi connectivity index (χ2v) is 5.68. The highest BCUT2D eigenvalue weighted by atomic mass is 35.5. The van der Waals surface area contributed by atoms with Gasteiger partial charge in [0, 0.05) is 5.02 Å².